The molecule has 0 fully saturated rings. The lowest BCUT2D eigenvalue weighted by molar-refractivity contribution is -0.133. The summed E-state index contributed by atoms with van der Waals surface area (Å²) in [6, 6.07) is 23.8. The van der Waals surface area contributed by atoms with Crippen LogP contribution < -0.4 is 14.4 Å². The standard InChI is InChI=1S/C32H31NO4/c1-20-21(2)30-26(22(3)29(20)36-23(4)34)18-19-32(5,37-30)31(35)33(25-14-7-6-8-15-25)28-17-11-13-24-12-9-10-16-27(24)28/h6-17H,18-19H2,1-5H3. The number of fused-ring (bicyclic) bond motifs is 2. The first-order valence-electron chi connectivity index (χ1n) is 12.6. The van der Waals surface area contributed by atoms with Crippen molar-refractivity contribution in [1.29, 1.82) is 0 Å². The van der Waals surface area contributed by atoms with Crippen LogP contribution in [0.1, 0.15) is 42.5 Å². The van der Waals surface area contributed by atoms with E-state index in [1.807, 2.05) is 88.4 Å². The van der Waals surface area contributed by atoms with Gasteiger partial charge in [-0.1, -0.05) is 54.6 Å². The third-order valence-electron chi connectivity index (χ3n) is 7.41. The summed E-state index contributed by atoms with van der Waals surface area (Å²) in [6.07, 6.45) is 1.13. The molecule has 4 aromatic carbocycles. The molecule has 37 heavy (non-hydrogen) atoms. The van der Waals surface area contributed by atoms with Crippen LogP contribution in [0.25, 0.3) is 10.8 Å². The van der Waals surface area contributed by atoms with E-state index in [-0.39, 0.29) is 11.9 Å². The monoisotopic (exact) mass is 493 g/mol. The number of carbonyl (C=O) groups excluding carboxylic acids is 2. The summed E-state index contributed by atoms with van der Waals surface area (Å²) < 4.78 is 12.2. The molecule has 0 radical (unpaired) electrons. The zero-order valence-corrected chi connectivity index (χ0v) is 21.9. The number of ether oxygens (including phenoxy) is 2. The van der Waals surface area contributed by atoms with Crippen molar-refractivity contribution in [2.75, 3.05) is 4.90 Å². The van der Waals surface area contributed by atoms with E-state index in [0.29, 0.717) is 24.3 Å². The van der Waals surface area contributed by atoms with E-state index in [9.17, 15) is 9.59 Å². The van der Waals surface area contributed by atoms with E-state index in [0.717, 1.165) is 44.4 Å². The fourth-order valence-electron chi connectivity index (χ4n) is 5.26. The number of esters is 1. The largest absolute Gasteiger partial charge is 0.477 e. The maximum absolute atomic E-state index is 14.5. The van der Waals surface area contributed by atoms with Gasteiger partial charge in [0.1, 0.15) is 11.5 Å². The molecule has 0 N–H and O–H groups in total. The van der Waals surface area contributed by atoms with Crippen molar-refractivity contribution in [2.24, 2.45) is 0 Å². The number of nitrogens with zero attached hydrogens (tertiary/aromatic N) is 1. The highest BCUT2D eigenvalue weighted by Crippen LogP contribution is 2.45. The Kier molecular flexibility index (Phi) is 6.24. The van der Waals surface area contributed by atoms with Crippen molar-refractivity contribution in [3.8, 4) is 11.5 Å². The summed E-state index contributed by atoms with van der Waals surface area (Å²) in [4.78, 5) is 28.0. The van der Waals surface area contributed by atoms with Crippen molar-refractivity contribution in [2.45, 2.75) is 53.1 Å². The first kappa shape index (κ1) is 24.6. The molecule has 1 amide bonds. The van der Waals surface area contributed by atoms with Gasteiger partial charge in [-0.3, -0.25) is 14.5 Å². The van der Waals surface area contributed by atoms with Gasteiger partial charge in [0, 0.05) is 30.0 Å². The summed E-state index contributed by atoms with van der Waals surface area (Å²) in [7, 11) is 0. The first-order chi connectivity index (χ1) is 17.7. The molecule has 0 saturated carbocycles. The zero-order chi connectivity index (χ0) is 26.3. The van der Waals surface area contributed by atoms with Gasteiger partial charge in [-0.2, -0.15) is 0 Å². The molecule has 1 aliphatic rings. The Balaban J connectivity index is 1.62. The summed E-state index contributed by atoms with van der Waals surface area (Å²) in [5, 5.41) is 2.06. The second-order valence-electron chi connectivity index (χ2n) is 9.91. The molecule has 188 valence electrons. The van der Waals surface area contributed by atoms with Crippen LogP contribution in [0.2, 0.25) is 0 Å². The summed E-state index contributed by atoms with van der Waals surface area (Å²) in [5.41, 5.74) is 4.11. The van der Waals surface area contributed by atoms with Gasteiger partial charge in [0.05, 0.1) is 5.69 Å². The van der Waals surface area contributed by atoms with Crippen LogP contribution in [-0.2, 0) is 16.0 Å². The van der Waals surface area contributed by atoms with Crippen LogP contribution in [0.15, 0.2) is 72.8 Å². The lowest BCUT2D eigenvalue weighted by Gasteiger charge is -2.40. The van der Waals surface area contributed by atoms with Gasteiger partial charge in [0.15, 0.2) is 5.60 Å². The number of para-hydroxylation sites is 1. The SMILES string of the molecule is CC(=O)Oc1c(C)c(C)c2c(c1C)CCC(C)(C(=O)N(c1ccccc1)c1cccc3ccccc13)O2. The molecule has 1 unspecified atom stereocenters. The van der Waals surface area contributed by atoms with Crippen molar-refractivity contribution in [3.63, 3.8) is 0 Å². The van der Waals surface area contributed by atoms with Crippen LogP contribution in [-0.4, -0.2) is 17.5 Å². The van der Waals surface area contributed by atoms with Gasteiger partial charge >= 0.3 is 5.97 Å². The van der Waals surface area contributed by atoms with Gasteiger partial charge in [-0.05, 0) is 74.4 Å². The van der Waals surface area contributed by atoms with Gasteiger partial charge in [0.25, 0.3) is 5.91 Å². The summed E-state index contributed by atoms with van der Waals surface area (Å²) in [6.45, 7) is 9.11. The molecule has 0 spiro atoms. The van der Waals surface area contributed by atoms with Crippen LogP contribution in [0.5, 0.6) is 11.5 Å². The fraction of sp³-hybridized carbons (Fsp3) is 0.250. The van der Waals surface area contributed by atoms with Gasteiger partial charge < -0.3 is 9.47 Å². The lowest BCUT2D eigenvalue weighted by atomic mass is 9.86. The topological polar surface area (TPSA) is 55.8 Å². The molecule has 1 aliphatic heterocycles. The van der Waals surface area contributed by atoms with Crippen LogP contribution >= 0.6 is 0 Å². The summed E-state index contributed by atoms with van der Waals surface area (Å²) in [5.74, 6) is 0.818. The molecule has 0 aromatic heterocycles. The Bertz CT molecular complexity index is 1520. The van der Waals surface area contributed by atoms with E-state index in [2.05, 4.69) is 12.1 Å². The first-order valence-corrected chi connectivity index (χ1v) is 12.6. The van der Waals surface area contributed by atoms with Crippen molar-refractivity contribution < 1.29 is 19.1 Å². The van der Waals surface area contributed by atoms with E-state index >= 15 is 0 Å². The Morgan fingerprint density at radius 2 is 1.54 bits per heavy atom. The molecule has 4 aromatic rings. The predicted molar refractivity (Wildman–Crippen MR) is 147 cm³/mol. The number of carbonyl (C=O) groups is 2. The minimum absolute atomic E-state index is 0.125. The fourth-order valence-corrected chi connectivity index (χ4v) is 5.26. The third-order valence-corrected chi connectivity index (χ3v) is 7.41. The minimum atomic E-state index is -1.09. The highest BCUT2D eigenvalue weighted by Gasteiger charge is 2.44. The number of amides is 1. The number of rotatable bonds is 4. The Morgan fingerprint density at radius 1 is 0.865 bits per heavy atom. The van der Waals surface area contributed by atoms with Gasteiger partial charge in [-0.15, -0.1) is 0 Å². The van der Waals surface area contributed by atoms with Crippen LogP contribution in [0.3, 0.4) is 0 Å². The molecular weight excluding hydrogens is 462 g/mol. The van der Waals surface area contributed by atoms with E-state index in [4.69, 9.17) is 9.47 Å². The molecule has 5 heteroatoms. The smallest absolute Gasteiger partial charge is 0.308 e. The lowest BCUT2D eigenvalue weighted by Crippen LogP contribution is -2.51. The quantitative estimate of drug-likeness (QED) is 0.224. The molecule has 5 rings (SSSR count). The Labute approximate surface area is 217 Å². The normalized spacial score (nSPS) is 16.6. The molecule has 0 bridgehead atoms. The highest BCUT2D eigenvalue weighted by molar-refractivity contribution is 6.11. The van der Waals surface area contributed by atoms with Crippen molar-refractivity contribution in [1.82, 2.24) is 0 Å². The molecule has 0 saturated heterocycles. The Hall–Kier alpha value is -4.12. The highest BCUT2D eigenvalue weighted by atomic mass is 16.5. The van der Waals surface area contributed by atoms with E-state index in [1.54, 1.807) is 4.90 Å². The number of anilines is 2. The summed E-state index contributed by atoms with van der Waals surface area (Å²) >= 11 is 0. The average Bonchev–Trinajstić information content (AvgIpc) is 2.90. The number of hydrogen-bond acceptors (Lipinski definition) is 4. The van der Waals surface area contributed by atoms with E-state index < -0.39 is 5.60 Å². The maximum Gasteiger partial charge on any atom is 0.308 e. The van der Waals surface area contributed by atoms with Gasteiger partial charge in [0.2, 0.25) is 0 Å². The van der Waals surface area contributed by atoms with Crippen LogP contribution in [0.4, 0.5) is 11.4 Å². The average molecular weight is 494 g/mol. The number of benzene rings is 4. The number of hydrogen-bond donors (Lipinski definition) is 0. The minimum Gasteiger partial charge on any atom is -0.477 e. The van der Waals surface area contributed by atoms with E-state index in [1.165, 1.54) is 6.92 Å². The second-order valence-corrected chi connectivity index (χ2v) is 9.91. The van der Waals surface area contributed by atoms with Crippen molar-refractivity contribution in [3.05, 3.63) is 95.1 Å². The molecule has 1 atom stereocenters. The molecular formula is C32H31NO4. The third kappa shape index (κ3) is 4.25. The van der Waals surface area contributed by atoms with Gasteiger partial charge in [-0.25, -0.2) is 0 Å². The van der Waals surface area contributed by atoms with Crippen LogP contribution in [0, 0.1) is 20.8 Å². The molecule has 5 nitrogen and oxygen atoms in total. The predicted octanol–water partition coefficient (Wildman–Crippen LogP) is 7.14. The molecule has 1 heterocycles. The molecule has 0 aliphatic carbocycles. The zero-order valence-electron chi connectivity index (χ0n) is 21.9. The second kappa shape index (κ2) is 9.40. The maximum atomic E-state index is 14.5. The van der Waals surface area contributed by atoms with Crippen molar-refractivity contribution >= 4 is 34.0 Å². The Morgan fingerprint density at radius 3 is 2.27 bits per heavy atom.